The van der Waals surface area contributed by atoms with Gasteiger partial charge in [-0.1, -0.05) is 0 Å². The molecule has 2 aromatic carbocycles. The lowest BCUT2D eigenvalue weighted by molar-refractivity contribution is 0.102. The Balaban J connectivity index is 1.77. The number of nitrogens with zero attached hydrogens (tertiary/aromatic N) is 4. The van der Waals surface area contributed by atoms with Crippen LogP contribution >= 0.6 is 0 Å². The third-order valence-electron chi connectivity index (χ3n) is 3.79. The summed E-state index contributed by atoms with van der Waals surface area (Å²) >= 11 is 0. The normalized spacial score (nSPS) is 10.5. The number of hydrogen-bond acceptors (Lipinski definition) is 6. The highest BCUT2D eigenvalue weighted by atomic mass is 16.5. The van der Waals surface area contributed by atoms with Crippen molar-refractivity contribution in [3.8, 4) is 22.9 Å². The van der Waals surface area contributed by atoms with Crippen molar-refractivity contribution >= 4 is 11.6 Å². The Labute approximate surface area is 157 Å². The molecule has 0 saturated heterocycles. The molecule has 1 aromatic heterocycles. The Kier molecular flexibility index (Phi) is 5.65. The minimum Gasteiger partial charge on any atom is -0.494 e. The molecule has 0 bridgehead atoms. The highest BCUT2D eigenvalue weighted by Gasteiger charge is 2.12. The predicted molar refractivity (Wildman–Crippen MR) is 101 cm³/mol. The van der Waals surface area contributed by atoms with Crippen molar-refractivity contribution in [1.82, 2.24) is 20.2 Å². The molecule has 0 atom stereocenters. The number of aromatic nitrogens is 4. The standard InChI is InChI=1S/C19H21N5O3/c1-4-26-16-10-14(11-17(12-16)27-5-2)19(25)20-15-8-6-13(7-9-15)18-21-22-23-24(18)3/h6-12H,4-5H2,1-3H3,(H,20,25). The van der Waals surface area contributed by atoms with Gasteiger partial charge in [-0.15, -0.1) is 5.10 Å². The third kappa shape index (κ3) is 4.41. The summed E-state index contributed by atoms with van der Waals surface area (Å²) in [6.45, 7) is 4.80. The van der Waals surface area contributed by atoms with Gasteiger partial charge in [0, 0.05) is 29.9 Å². The molecule has 0 saturated carbocycles. The topological polar surface area (TPSA) is 91.2 Å². The highest BCUT2D eigenvalue weighted by Crippen LogP contribution is 2.24. The summed E-state index contributed by atoms with van der Waals surface area (Å²) in [4.78, 5) is 12.6. The molecule has 0 spiro atoms. The van der Waals surface area contributed by atoms with E-state index in [1.807, 2.05) is 26.0 Å². The predicted octanol–water partition coefficient (Wildman–Crippen LogP) is 2.93. The van der Waals surface area contributed by atoms with E-state index in [0.29, 0.717) is 41.8 Å². The first-order valence-corrected chi connectivity index (χ1v) is 8.65. The second kappa shape index (κ2) is 8.31. The lowest BCUT2D eigenvalue weighted by atomic mass is 10.1. The first kappa shape index (κ1) is 18.4. The van der Waals surface area contributed by atoms with Gasteiger partial charge in [0.1, 0.15) is 11.5 Å². The van der Waals surface area contributed by atoms with Crippen LogP contribution in [0.5, 0.6) is 11.5 Å². The van der Waals surface area contributed by atoms with Crippen LogP contribution < -0.4 is 14.8 Å². The molecule has 3 aromatic rings. The number of ether oxygens (including phenoxy) is 2. The van der Waals surface area contributed by atoms with E-state index in [1.165, 1.54) is 0 Å². The van der Waals surface area contributed by atoms with E-state index in [9.17, 15) is 4.79 Å². The van der Waals surface area contributed by atoms with Gasteiger partial charge in [-0.05, 0) is 60.7 Å². The SMILES string of the molecule is CCOc1cc(OCC)cc(C(=O)Nc2ccc(-c3nnnn3C)cc2)c1. The molecular weight excluding hydrogens is 346 g/mol. The van der Waals surface area contributed by atoms with Crippen molar-refractivity contribution in [1.29, 1.82) is 0 Å². The Hall–Kier alpha value is -3.42. The zero-order valence-electron chi connectivity index (χ0n) is 15.5. The van der Waals surface area contributed by atoms with Gasteiger partial charge < -0.3 is 14.8 Å². The number of aryl methyl sites for hydroxylation is 1. The minimum absolute atomic E-state index is 0.245. The molecule has 8 heteroatoms. The summed E-state index contributed by atoms with van der Waals surface area (Å²) in [6.07, 6.45) is 0. The Morgan fingerprint density at radius 1 is 1.04 bits per heavy atom. The molecule has 0 aliphatic carbocycles. The lowest BCUT2D eigenvalue weighted by Gasteiger charge is -2.11. The van der Waals surface area contributed by atoms with Crippen LogP contribution in [0.1, 0.15) is 24.2 Å². The molecule has 0 aliphatic heterocycles. The fourth-order valence-corrected chi connectivity index (χ4v) is 2.58. The first-order chi connectivity index (χ1) is 13.1. The molecule has 1 heterocycles. The van der Waals surface area contributed by atoms with E-state index in [2.05, 4.69) is 20.8 Å². The number of nitrogens with one attached hydrogen (secondary N) is 1. The van der Waals surface area contributed by atoms with Gasteiger partial charge in [0.05, 0.1) is 13.2 Å². The molecule has 1 amide bonds. The summed E-state index contributed by atoms with van der Waals surface area (Å²) in [5, 5.41) is 14.3. The second-order valence-electron chi connectivity index (χ2n) is 5.72. The van der Waals surface area contributed by atoms with Crippen LogP contribution in [0, 0.1) is 0 Å². The van der Waals surface area contributed by atoms with Gasteiger partial charge in [0.15, 0.2) is 5.82 Å². The van der Waals surface area contributed by atoms with E-state index in [4.69, 9.17) is 9.47 Å². The van der Waals surface area contributed by atoms with Gasteiger partial charge in [0.25, 0.3) is 5.91 Å². The van der Waals surface area contributed by atoms with Gasteiger partial charge in [-0.2, -0.15) is 0 Å². The number of tetrazole rings is 1. The summed E-state index contributed by atoms with van der Waals surface area (Å²) in [7, 11) is 1.77. The van der Waals surface area contributed by atoms with Gasteiger partial charge >= 0.3 is 0 Å². The van der Waals surface area contributed by atoms with Crippen LogP contribution in [0.4, 0.5) is 5.69 Å². The smallest absolute Gasteiger partial charge is 0.255 e. The van der Waals surface area contributed by atoms with Crippen LogP contribution in [0.15, 0.2) is 42.5 Å². The maximum Gasteiger partial charge on any atom is 0.255 e. The average Bonchev–Trinajstić information content (AvgIpc) is 3.09. The largest absolute Gasteiger partial charge is 0.494 e. The van der Waals surface area contributed by atoms with E-state index in [1.54, 1.807) is 42.1 Å². The van der Waals surface area contributed by atoms with Crippen molar-refractivity contribution in [2.75, 3.05) is 18.5 Å². The zero-order chi connectivity index (χ0) is 19.2. The Morgan fingerprint density at radius 3 is 2.19 bits per heavy atom. The number of benzene rings is 2. The highest BCUT2D eigenvalue weighted by molar-refractivity contribution is 6.04. The number of anilines is 1. The summed E-state index contributed by atoms with van der Waals surface area (Å²) < 4.78 is 12.6. The molecule has 0 unspecified atom stereocenters. The number of hydrogen-bond donors (Lipinski definition) is 1. The molecule has 8 nitrogen and oxygen atoms in total. The summed E-state index contributed by atoms with van der Waals surface area (Å²) in [5.41, 5.74) is 1.99. The van der Waals surface area contributed by atoms with Gasteiger partial charge in [-0.3, -0.25) is 4.79 Å². The molecule has 0 aliphatic rings. The van der Waals surface area contributed by atoms with Crippen molar-refractivity contribution in [3.05, 3.63) is 48.0 Å². The van der Waals surface area contributed by atoms with Gasteiger partial charge in [0.2, 0.25) is 0 Å². The van der Waals surface area contributed by atoms with Crippen LogP contribution in [0.2, 0.25) is 0 Å². The molecule has 27 heavy (non-hydrogen) atoms. The molecule has 3 rings (SSSR count). The molecule has 1 N–H and O–H groups in total. The molecule has 0 radical (unpaired) electrons. The molecular formula is C19H21N5O3. The number of rotatable bonds is 7. The van der Waals surface area contributed by atoms with Crippen molar-refractivity contribution in [2.24, 2.45) is 7.05 Å². The van der Waals surface area contributed by atoms with E-state index < -0.39 is 0 Å². The fraction of sp³-hybridized carbons (Fsp3) is 0.263. The third-order valence-corrected chi connectivity index (χ3v) is 3.79. The monoisotopic (exact) mass is 367 g/mol. The molecule has 140 valence electrons. The Bertz CT molecular complexity index is 897. The second-order valence-corrected chi connectivity index (χ2v) is 5.72. The quantitative estimate of drug-likeness (QED) is 0.690. The first-order valence-electron chi connectivity index (χ1n) is 8.65. The van der Waals surface area contributed by atoms with Crippen LogP contribution in [0.3, 0.4) is 0 Å². The van der Waals surface area contributed by atoms with E-state index >= 15 is 0 Å². The fourth-order valence-electron chi connectivity index (χ4n) is 2.58. The van der Waals surface area contributed by atoms with Crippen LogP contribution in [-0.4, -0.2) is 39.3 Å². The summed E-state index contributed by atoms with van der Waals surface area (Å²) in [5.74, 6) is 1.60. The van der Waals surface area contributed by atoms with Crippen molar-refractivity contribution < 1.29 is 14.3 Å². The van der Waals surface area contributed by atoms with E-state index in [0.717, 1.165) is 5.56 Å². The number of carbonyl (C=O) groups is 1. The van der Waals surface area contributed by atoms with Crippen LogP contribution in [0.25, 0.3) is 11.4 Å². The maximum absolute atomic E-state index is 12.6. The number of amides is 1. The minimum atomic E-state index is -0.245. The van der Waals surface area contributed by atoms with Gasteiger partial charge in [-0.25, -0.2) is 4.68 Å². The van der Waals surface area contributed by atoms with Crippen LogP contribution in [-0.2, 0) is 7.05 Å². The average molecular weight is 367 g/mol. The maximum atomic E-state index is 12.6. The molecule has 0 fully saturated rings. The van der Waals surface area contributed by atoms with Crippen molar-refractivity contribution in [3.63, 3.8) is 0 Å². The summed E-state index contributed by atoms with van der Waals surface area (Å²) in [6, 6.07) is 12.5. The lowest BCUT2D eigenvalue weighted by Crippen LogP contribution is -2.12. The van der Waals surface area contributed by atoms with E-state index in [-0.39, 0.29) is 5.91 Å². The number of carbonyl (C=O) groups excluding carboxylic acids is 1. The Morgan fingerprint density at radius 2 is 1.67 bits per heavy atom. The zero-order valence-corrected chi connectivity index (χ0v) is 15.5. The van der Waals surface area contributed by atoms with Crippen molar-refractivity contribution in [2.45, 2.75) is 13.8 Å².